The van der Waals surface area contributed by atoms with Gasteiger partial charge in [-0.15, -0.1) is 0 Å². The second-order valence-electron chi connectivity index (χ2n) is 6.12. The standard InChI is InChI=1S/C19H18N4O4/c1-26-11-7-8-13(16(9-11)27-2)20-18(25)15-10-17(24)22-19-21-12-5-3-4-6-14(12)23(15)19/h3-9,15H,10H2,1-2H3,(H,20,25)(H,21,22,24). The quantitative estimate of drug-likeness (QED) is 0.740. The number of nitrogens with zero attached hydrogens (tertiary/aromatic N) is 2. The third-order valence-corrected chi connectivity index (χ3v) is 4.51. The van der Waals surface area contributed by atoms with Crippen LogP contribution in [0.25, 0.3) is 11.0 Å². The van der Waals surface area contributed by atoms with E-state index >= 15 is 0 Å². The highest BCUT2D eigenvalue weighted by atomic mass is 16.5. The second-order valence-corrected chi connectivity index (χ2v) is 6.12. The van der Waals surface area contributed by atoms with Crippen molar-refractivity contribution in [3.63, 3.8) is 0 Å². The molecular weight excluding hydrogens is 348 g/mol. The zero-order valence-electron chi connectivity index (χ0n) is 14.9. The Morgan fingerprint density at radius 3 is 2.81 bits per heavy atom. The first-order chi connectivity index (χ1) is 13.1. The van der Waals surface area contributed by atoms with Crippen LogP contribution in [-0.2, 0) is 9.59 Å². The molecule has 138 valence electrons. The molecule has 8 heteroatoms. The molecule has 0 fully saturated rings. The van der Waals surface area contributed by atoms with Gasteiger partial charge in [-0.3, -0.25) is 19.5 Å². The van der Waals surface area contributed by atoms with Crippen LogP contribution in [0, 0.1) is 0 Å². The number of hydrogen-bond acceptors (Lipinski definition) is 5. The Morgan fingerprint density at radius 2 is 2.04 bits per heavy atom. The third kappa shape index (κ3) is 2.95. The Labute approximate surface area is 155 Å². The molecule has 0 spiro atoms. The lowest BCUT2D eigenvalue weighted by Crippen LogP contribution is -2.35. The Hall–Kier alpha value is -3.55. The van der Waals surface area contributed by atoms with Gasteiger partial charge in [0.15, 0.2) is 0 Å². The summed E-state index contributed by atoms with van der Waals surface area (Å²) in [6, 6.07) is 11.8. The summed E-state index contributed by atoms with van der Waals surface area (Å²) in [6.45, 7) is 0. The molecule has 0 bridgehead atoms. The fourth-order valence-corrected chi connectivity index (χ4v) is 3.22. The number of methoxy groups -OCH3 is 2. The van der Waals surface area contributed by atoms with Crippen LogP contribution >= 0.6 is 0 Å². The predicted molar refractivity (Wildman–Crippen MR) is 100 cm³/mol. The Morgan fingerprint density at radius 1 is 1.22 bits per heavy atom. The van der Waals surface area contributed by atoms with E-state index in [4.69, 9.17) is 9.47 Å². The number of carbonyl (C=O) groups is 2. The van der Waals surface area contributed by atoms with Gasteiger partial charge in [-0.05, 0) is 24.3 Å². The number of nitrogens with one attached hydrogen (secondary N) is 2. The second kappa shape index (κ2) is 6.64. The maximum Gasteiger partial charge on any atom is 0.248 e. The number of imidazole rings is 1. The van der Waals surface area contributed by atoms with Gasteiger partial charge in [0, 0.05) is 6.07 Å². The normalized spacial score (nSPS) is 15.8. The van der Waals surface area contributed by atoms with E-state index in [-0.39, 0.29) is 18.2 Å². The minimum Gasteiger partial charge on any atom is -0.497 e. The maximum atomic E-state index is 13.0. The van der Waals surface area contributed by atoms with Crippen molar-refractivity contribution in [2.75, 3.05) is 24.9 Å². The Bertz CT molecular complexity index is 1040. The van der Waals surface area contributed by atoms with Gasteiger partial charge in [0.05, 0.1) is 37.4 Å². The van der Waals surface area contributed by atoms with E-state index in [2.05, 4.69) is 15.6 Å². The molecule has 2 amide bonds. The minimum absolute atomic E-state index is 0.0255. The highest BCUT2D eigenvalue weighted by Gasteiger charge is 2.33. The summed E-state index contributed by atoms with van der Waals surface area (Å²) in [5, 5.41) is 5.58. The van der Waals surface area contributed by atoms with E-state index in [1.54, 1.807) is 29.9 Å². The number of para-hydroxylation sites is 2. The lowest BCUT2D eigenvalue weighted by molar-refractivity contribution is -0.124. The van der Waals surface area contributed by atoms with Crippen molar-refractivity contribution in [1.29, 1.82) is 0 Å². The summed E-state index contributed by atoms with van der Waals surface area (Å²) in [4.78, 5) is 29.5. The largest absolute Gasteiger partial charge is 0.497 e. The van der Waals surface area contributed by atoms with Gasteiger partial charge in [-0.25, -0.2) is 4.98 Å². The van der Waals surface area contributed by atoms with Gasteiger partial charge in [-0.1, -0.05) is 12.1 Å². The van der Waals surface area contributed by atoms with Gasteiger partial charge >= 0.3 is 0 Å². The molecule has 1 aliphatic heterocycles. The topological polar surface area (TPSA) is 94.5 Å². The van der Waals surface area contributed by atoms with Crippen LogP contribution in [0.2, 0.25) is 0 Å². The van der Waals surface area contributed by atoms with Crippen molar-refractivity contribution in [2.24, 2.45) is 0 Å². The molecule has 27 heavy (non-hydrogen) atoms. The molecule has 3 aromatic rings. The van der Waals surface area contributed by atoms with Crippen LogP contribution in [0.4, 0.5) is 11.6 Å². The molecule has 0 aliphatic carbocycles. The molecule has 0 saturated carbocycles. The number of carbonyl (C=O) groups excluding carboxylic acids is 2. The van der Waals surface area contributed by atoms with Crippen molar-refractivity contribution in [2.45, 2.75) is 12.5 Å². The number of benzene rings is 2. The molecule has 1 aliphatic rings. The van der Waals surface area contributed by atoms with Crippen LogP contribution < -0.4 is 20.1 Å². The van der Waals surface area contributed by atoms with Gasteiger partial charge in [0.25, 0.3) is 0 Å². The average molecular weight is 366 g/mol. The molecule has 2 N–H and O–H groups in total. The Kier molecular flexibility index (Phi) is 4.15. The highest BCUT2D eigenvalue weighted by Crippen LogP contribution is 2.33. The molecule has 1 atom stereocenters. The number of rotatable bonds is 4. The number of fused-ring (bicyclic) bond motifs is 3. The lowest BCUT2D eigenvalue weighted by atomic mass is 10.1. The van der Waals surface area contributed by atoms with Crippen LogP contribution in [0.15, 0.2) is 42.5 Å². The molecular formula is C19H18N4O4. The molecule has 2 heterocycles. The van der Waals surface area contributed by atoms with Gasteiger partial charge < -0.3 is 14.8 Å². The van der Waals surface area contributed by atoms with E-state index in [0.717, 1.165) is 11.0 Å². The molecule has 2 aromatic carbocycles. The summed E-state index contributed by atoms with van der Waals surface area (Å²) in [6.07, 6.45) is 0.0255. The SMILES string of the molecule is COc1ccc(NC(=O)C2CC(=O)Nc3nc4ccccc4n32)c(OC)c1. The first-order valence-electron chi connectivity index (χ1n) is 8.40. The van der Waals surface area contributed by atoms with Crippen molar-refractivity contribution in [3.8, 4) is 11.5 Å². The van der Waals surface area contributed by atoms with E-state index in [0.29, 0.717) is 23.1 Å². The monoisotopic (exact) mass is 366 g/mol. The molecule has 8 nitrogen and oxygen atoms in total. The molecule has 1 aromatic heterocycles. The predicted octanol–water partition coefficient (Wildman–Crippen LogP) is 2.58. The molecule has 0 saturated heterocycles. The van der Waals surface area contributed by atoms with Crippen LogP contribution in [0.5, 0.6) is 11.5 Å². The zero-order chi connectivity index (χ0) is 19.0. The van der Waals surface area contributed by atoms with Crippen LogP contribution in [-0.4, -0.2) is 35.6 Å². The zero-order valence-corrected chi connectivity index (χ0v) is 14.9. The number of hydrogen-bond donors (Lipinski definition) is 2. The van der Waals surface area contributed by atoms with Crippen molar-refractivity contribution < 1.29 is 19.1 Å². The number of ether oxygens (including phenoxy) is 2. The molecule has 4 rings (SSSR count). The maximum absolute atomic E-state index is 13.0. The fraction of sp³-hybridized carbons (Fsp3) is 0.211. The summed E-state index contributed by atoms with van der Waals surface area (Å²) in [5.41, 5.74) is 2.00. The number of aromatic nitrogens is 2. The van der Waals surface area contributed by atoms with Gasteiger partial charge in [0.1, 0.15) is 17.5 Å². The summed E-state index contributed by atoms with van der Waals surface area (Å²) in [7, 11) is 3.07. The van der Waals surface area contributed by atoms with Gasteiger partial charge in [-0.2, -0.15) is 0 Å². The molecule has 1 unspecified atom stereocenters. The van der Waals surface area contributed by atoms with E-state index in [9.17, 15) is 9.59 Å². The molecule has 0 radical (unpaired) electrons. The van der Waals surface area contributed by atoms with Crippen molar-refractivity contribution in [3.05, 3.63) is 42.5 Å². The smallest absolute Gasteiger partial charge is 0.248 e. The van der Waals surface area contributed by atoms with E-state index in [1.807, 2.05) is 24.3 Å². The average Bonchev–Trinajstić information content (AvgIpc) is 3.05. The van der Waals surface area contributed by atoms with E-state index in [1.165, 1.54) is 7.11 Å². The summed E-state index contributed by atoms with van der Waals surface area (Å²) >= 11 is 0. The van der Waals surface area contributed by atoms with Crippen LogP contribution in [0.3, 0.4) is 0 Å². The summed E-state index contributed by atoms with van der Waals surface area (Å²) in [5.74, 6) is 0.884. The first kappa shape index (κ1) is 16.9. The van der Waals surface area contributed by atoms with Gasteiger partial charge in [0.2, 0.25) is 17.8 Å². The van der Waals surface area contributed by atoms with E-state index < -0.39 is 6.04 Å². The highest BCUT2D eigenvalue weighted by molar-refractivity contribution is 6.03. The van der Waals surface area contributed by atoms with Crippen molar-refractivity contribution in [1.82, 2.24) is 9.55 Å². The summed E-state index contributed by atoms with van der Waals surface area (Å²) < 4.78 is 12.3. The first-order valence-corrected chi connectivity index (χ1v) is 8.40. The number of amides is 2. The number of anilines is 2. The van der Waals surface area contributed by atoms with Crippen LogP contribution in [0.1, 0.15) is 12.5 Å². The third-order valence-electron chi connectivity index (χ3n) is 4.51. The Balaban J connectivity index is 1.70. The minimum atomic E-state index is -0.715. The van der Waals surface area contributed by atoms with Crippen molar-refractivity contribution >= 4 is 34.5 Å². The fourth-order valence-electron chi connectivity index (χ4n) is 3.22. The lowest BCUT2D eigenvalue weighted by Gasteiger charge is -2.25.